The number of hydrogen-bond donors (Lipinski definition) is 0. The first-order valence-corrected chi connectivity index (χ1v) is 5.62. The molecule has 0 bridgehead atoms. The highest BCUT2D eigenvalue weighted by molar-refractivity contribution is 5.76. The number of allylic oxidation sites excluding steroid dienone is 1. The molecule has 1 heterocycles. The summed E-state index contributed by atoms with van der Waals surface area (Å²) in [6.07, 6.45) is 6.74. The Balaban J connectivity index is 2.20. The summed E-state index contributed by atoms with van der Waals surface area (Å²) in [5, 5.41) is 0. The number of aliphatic imine (C=N–C) groups is 1. The summed E-state index contributed by atoms with van der Waals surface area (Å²) in [7, 11) is 1.41. The van der Waals surface area contributed by atoms with E-state index in [1.807, 2.05) is 42.5 Å². The Kier molecular flexibility index (Phi) is 3.38. The molecule has 0 N–H and O–H groups in total. The number of carbonyl (C=O) groups is 1. The molecule has 0 amide bonds. The highest BCUT2D eigenvalue weighted by atomic mass is 16.5. The first kappa shape index (κ1) is 11.6. The Morgan fingerprint density at radius 1 is 1.35 bits per heavy atom. The van der Waals surface area contributed by atoms with Gasteiger partial charge in [-0.15, -0.1) is 0 Å². The van der Waals surface area contributed by atoms with E-state index in [1.165, 1.54) is 7.11 Å². The molecular formula is C14H15NO2. The van der Waals surface area contributed by atoms with Gasteiger partial charge in [0.1, 0.15) is 5.54 Å². The van der Waals surface area contributed by atoms with Crippen LogP contribution in [0, 0.1) is 0 Å². The lowest BCUT2D eigenvalue weighted by Crippen LogP contribution is -2.20. The second kappa shape index (κ2) is 4.95. The minimum atomic E-state index is -0.393. The van der Waals surface area contributed by atoms with Gasteiger partial charge in [0.05, 0.1) is 7.11 Å². The van der Waals surface area contributed by atoms with Crippen LogP contribution < -0.4 is 0 Å². The average Bonchev–Trinajstić information content (AvgIpc) is 2.87. The van der Waals surface area contributed by atoms with Crippen molar-refractivity contribution in [3.05, 3.63) is 48.0 Å². The largest absolute Gasteiger partial charge is 0.469 e. The minimum absolute atomic E-state index is 0.198. The number of carbonyl (C=O) groups excluding carboxylic acids is 1. The Morgan fingerprint density at radius 3 is 2.71 bits per heavy atom. The Labute approximate surface area is 101 Å². The molecule has 88 valence electrons. The molecule has 1 aromatic carbocycles. The molecule has 0 saturated carbocycles. The summed E-state index contributed by atoms with van der Waals surface area (Å²) >= 11 is 0. The van der Waals surface area contributed by atoms with Gasteiger partial charge in [0.2, 0.25) is 0 Å². The van der Waals surface area contributed by atoms with Gasteiger partial charge in [-0.3, -0.25) is 9.79 Å². The van der Waals surface area contributed by atoms with Crippen LogP contribution in [0.3, 0.4) is 0 Å². The molecule has 1 aromatic rings. The summed E-state index contributed by atoms with van der Waals surface area (Å²) in [5.41, 5.74) is 0.712. The smallest absolute Gasteiger partial charge is 0.305 e. The van der Waals surface area contributed by atoms with Gasteiger partial charge in [-0.25, -0.2) is 0 Å². The number of hydrogen-bond acceptors (Lipinski definition) is 3. The molecule has 1 aliphatic heterocycles. The second-order valence-corrected chi connectivity index (χ2v) is 4.00. The van der Waals surface area contributed by atoms with Crippen LogP contribution in [-0.2, 0) is 15.1 Å². The van der Waals surface area contributed by atoms with Gasteiger partial charge in [0.25, 0.3) is 0 Å². The monoisotopic (exact) mass is 229 g/mol. The molecule has 0 saturated heterocycles. The zero-order valence-corrected chi connectivity index (χ0v) is 9.80. The van der Waals surface area contributed by atoms with Crippen LogP contribution in [0.4, 0.5) is 0 Å². The molecule has 3 heteroatoms. The Morgan fingerprint density at radius 2 is 2.12 bits per heavy atom. The number of esters is 1. The van der Waals surface area contributed by atoms with E-state index in [9.17, 15) is 4.79 Å². The molecule has 1 aliphatic rings. The molecule has 3 nitrogen and oxygen atoms in total. The lowest BCUT2D eigenvalue weighted by Gasteiger charge is -2.24. The average molecular weight is 229 g/mol. The van der Waals surface area contributed by atoms with Crippen molar-refractivity contribution in [2.75, 3.05) is 7.11 Å². The van der Waals surface area contributed by atoms with Crippen LogP contribution >= 0.6 is 0 Å². The molecule has 0 radical (unpaired) electrons. The van der Waals surface area contributed by atoms with Gasteiger partial charge in [-0.2, -0.15) is 0 Å². The van der Waals surface area contributed by atoms with E-state index in [1.54, 1.807) is 6.21 Å². The van der Waals surface area contributed by atoms with E-state index < -0.39 is 5.54 Å². The van der Waals surface area contributed by atoms with Gasteiger partial charge in [-0.1, -0.05) is 36.4 Å². The van der Waals surface area contributed by atoms with Crippen molar-refractivity contribution in [2.45, 2.75) is 18.4 Å². The quantitative estimate of drug-likeness (QED) is 0.744. The number of methoxy groups -OCH3 is 1. The third kappa shape index (κ3) is 2.44. The van der Waals surface area contributed by atoms with Crippen molar-refractivity contribution < 1.29 is 9.53 Å². The zero-order chi connectivity index (χ0) is 12.1. The van der Waals surface area contributed by atoms with Crippen LogP contribution in [0.5, 0.6) is 0 Å². The van der Waals surface area contributed by atoms with E-state index in [0.717, 1.165) is 5.56 Å². The predicted molar refractivity (Wildman–Crippen MR) is 67.0 cm³/mol. The van der Waals surface area contributed by atoms with E-state index in [-0.39, 0.29) is 5.97 Å². The maximum atomic E-state index is 11.2. The highest BCUT2D eigenvalue weighted by Crippen LogP contribution is 2.34. The standard InChI is InChI=1S/C14H15NO2/c1-17-13(16)8-10-14(9-5-11-15-14)12-6-3-2-4-7-12/h2-7,9,11H,8,10H2,1H3. The normalized spacial score (nSPS) is 21.7. The maximum Gasteiger partial charge on any atom is 0.305 e. The van der Waals surface area contributed by atoms with Gasteiger partial charge < -0.3 is 4.74 Å². The van der Waals surface area contributed by atoms with Crippen molar-refractivity contribution in [2.24, 2.45) is 4.99 Å². The lowest BCUT2D eigenvalue weighted by atomic mass is 9.86. The SMILES string of the molecule is COC(=O)CCC1(c2ccccc2)C=CC=N1. The first-order chi connectivity index (χ1) is 8.27. The Bertz CT molecular complexity index is 437. The van der Waals surface area contributed by atoms with E-state index in [0.29, 0.717) is 12.8 Å². The third-order valence-electron chi connectivity index (χ3n) is 2.97. The van der Waals surface area contributed by atoms with Crippen LogP contribution in [-0.4, -0.2) is 19.3 Å². The topological polar surface area (TPSA) is 38.7 Å². The fraction of sp³-hybridized carbons (Fsp3) is 0.286. The first-order valence-electron chi connectivity index (χ1n) is 5.62. The molecule has 17 heavy (non-hydrogen) atoms. The number of benzene rings is 1. The number of rotatable bonds is 4. The molecule has 0 spiro atoms. The summed E-state index contributed by atoms with van der Waals surface area (Å²) in [6, 6.07) is 10.0. The van der Waals surface area contributed by atoms with Crippen LogP contribution in [0.1, 0.15) is 18.4 Å². The summed E-state index contributed by atoms with van der Waals surface area (Å²) in [5.74, 6) is -0.198. The van der Waals surface area contributed by atoms with Crippen molar-refractivity contribution in [1.82, 2.24) is 0 Å². The summed E-state index contributed by atoms with van der Waals surface area (Å²) in [4.78, 5) is 15.7. The van der Waals surface area contributed by atoms with E-state index in [2.05, 4.69) is 9.73 Å². The molecule has 1 unspecified atom stereocenters. The predicted octanol–water partition coefficient (Wildman–Crippen LogP) is 2.48. The molecule has 1 atom stereocenters. The second-order valence-electron chi connectivity index (χ2n) is 4.00. The lowest BCUT2D eigenvalue weighted by molar-refractivity contribution is -0.140. The van der Waals surface area contributed by atoms with Gasteiger partial charge >= 0.3 is 5.97 Å². The maximum absolute atomic E-state index is 11.2. The molecule has 0 aliphatic carbocycles. The van der Waals surface area contributed by atoms with Gasteiger partial charge in [-0.05, 0) is 18.1 Å². The van der Waals surface area contributed by atoms with Crippen LogP contribution in [0.2, 0.25) is 0 Å². The van der Waals surface area contributed by atoms with E-state index >= 15 is 0 Å². The fourth-order valence-corrected chi connectivity index (χ4v) is 2.01. The van der Waals surface area contributed by atoms with Crippen molar-refractivity contribution >= 4 is 12.2 Å². The molecular weight excluding hydrogens is 214 g/mol. The molecule has 0 fully saturated rings. The summed E-state index contributed by atoms with van der Waals surface area (Å²) in [6.45, 7) is 0. The number of ether oxygens (including phenoxy) is 1. The molecule has 0 aromatic heterocycles. The van der Waals surface area contributed by atoms with E-state index in [4.69, 9.17) is 0 Å². The number of nitrogens with zero attached hydrogens (tertiary/aromatic N) is 1. The van der Waals surface area contributed by atoms with Crippen molar-refractivity contribution in [1.29, 1.82) is 0 Å². The van der Waals surface area contributed by atoms with Gasteiger partial charge in [0, 0.05) is 12.6 Å². The van der Waals surface area contributed by atoms with Crippen molar-refractivity contribution in [3.8, 4) is 0 Å². The Hall–Kier alpha value is -1.90. The van der Waals surface area contributed by atoms with Crippen molar-refractivity contribution in [3.63, 3.8) is 0 Å². The fourth-order valence-electron chi connectivity index (χ4n) is 2.01. The minimum Gasteiger partial charge on any atom is -0.469 e. The van der Waals surface area contributed by atoms with Gasteiger partial charge in [0.15, 0.2) is 0 Å². The highest BCUT2D eigenvalue weighted by Gasteiger charge is 2.30. The van der Waals surface area contributed by atoms with Crippen LogP contribution in [0.25, 0.3) is 0 Å². The summed E-state index contributed by atoms with van der Waals surface area (Å²) < 4.78 is 4.68. The zero-order valence-electron chi connectivity index (χ0n) is 9.80. The third-order valence-corrected chi connectivity index (χ3v) is 2.97. The van der Waals surface area contributed by atoms with Crippen LogP contribution in [0.15, 0.2) is 47.5 Å². The molecule has 2 rings (SSSR count).